The Bertz CT molecular complexity index is 1580. The molecule has 0 aliphatic heterocycles. The molecule has 0 fully saturated rings. The van der Waals surface area contributed by atoms with E-state index >= 15 is 0 Å². The van der Waals surface area contributed by atoms with E-state index in [0.29, 0.717) is 18.7 Å². The van der Waals surface area contributed by atoms with Crippen LogP contribution in [0.2, 0.25) is 0 Å². The van der Waals surface area contributed by atoms with E-state index in [1.807, 2.05) is 67.6 Å². The molecule has 2 N–H and O–H groups in total. The molecule has 5 rings (SSSR count). The van der Waals surface area contributed by atoms with E-state index in [0.717, 1.165) is 16.5 Å². The second kappa shape index (κ2) is 8.82. The van der Waals surface area contributed by atoms with Gasteiger partial charge in [0.15, 0.2) is 0 Å². The first-order valence-electron chi connectivity index (χ1n) is 11.0. The second-order valence-electron chi connectivity index (χ2n) is 8.01. The summed E-state index contributed by atoms with van der Waals surface area (Å²) in [6.45, 7) is 2.33. The summed E-state index contributed by atoms with van der Waals surface area (Å²) in [7, 11) is 0. The Morgan fingerprint density at radius 1 is 1.09 bits per heavy atom. The van der Waals surface area contributed by atoms with Gasteiger partial charge in [-0.15, -0.1) is 0 Å². The van der Waals surface area contributed by atoms with Crippen LogP contribution in [0.5, 0.6) is 0 Å². The van der Waals surface area contributed by atoms with Gasteiger partial charge in [-0.25, -0.2) is 9.78 Å². The normalized spacial score (nSPS) is 12.1. The number of amides is 1. The molecule has 8 nitrogen and oxygen atoms in total. The topological polar surface area (TPSA) is 110 Å². The van der Waals surface area contributed by atoms with Crippen molar-refractivity contribution < 1.29 is 9.21 Å². The van der Waals surface area contributed by atoms with Crippen molar-refractivity contribution in [2.45, 2.75) is 25.9 Å². The van der Waals surface area contributed by atoms with E-state index in [1.54, 1.807) is 0 Å². The Labute approximate surface area is 193 Å². The molecular weight excluding hydrogens is 432 g/mol. The molecule has 170 valence electrons. The molecule has 34 heavy (non-hydrogen) atoms. The fourth-order valence-corrected chi connectivity index (χ4v) is 4.05. The molecule has 1 unspecified atom stereocenters. The number of carbonyl (C=O) groups excluding carboxylic acids is 1. The van der Waals surface area contributed by atoms with Gasteiger partial charge in [-0.3, -0.25) is 19.1 Å². The predicted molar refractivity (Wildman–Crippen MR) is 129 cm³/mol. The standard InChI is InChI=1S/C26H22N4O4/c1-2-12-30-23-19(25(32)29-26(30)33)13-18(15-27-23)24(31)28-22(16-8-4-3-5-9-16)21-14-17-10-6-7-11-20(17)34-21/h3-11,13-15,22H,2,12H2,1H3,(H,28,31)(H,29,32,33). The van der Waals surface area contributed by atoms with Crippen LogP contribution in [-0.2, 0) is 6.54 Å². The smallest absolute Gasteiger partial charge is 0.329 e. The maximum atomic E-state index is 13.3. The van der Waals surface area contributed by atoms with Gasteiger partial charge in [-0.2, -0.15) is 0 Å². The molecule has 0 aliphatic rings. The molecule has 3 aromatic heterocycles. The molecule has 0 saturated carbocycles. The minimum atomic E-state index is -0.577. The number of fused-ring (bicyclic) bond motifs is 2. The molecule has 0 spiro atoms. The Balaban J connectivity index is 1.55. The van der Waals surface area contributed by atoms with Crippen molar-refractivity contribution in [1.29, 1.82) is 0 Å². The molecule has 8 heteroatoms. The van der Waals surface area contributed by atoms with E-state index in [-0.39, 0.29) is 16.6 Å². The van der Waals surface area contributed by atoms with Crippen LogP contribution in [0.4, 0.5) is 0 Å². The number of hydrogen-bond acceptors (Lipinski definition) is 5. The third-order valence-corrected chi connectivity index (χ3v) is 5.68. The number of nitrogens with zero attached hydrogens (tertiary/aromatic N) is 2. The highest BCUT2D eigenvalue weighted by atomic mass is 16.3. The molecule has 1 amide bonds. The number of hydrogen-bond donors (Lipinski definition) is 2. The average molecular weight is 454 g/mol. The molecular formula is C26H22N4O4. The molecule has 0 bridgehead atoms. The molecule has 2 aromatic carbocycles. The lowest BCUT2D eigenvalue weighted by Crippen LogP contribution is -2.32. The average Bonchev–Trinajstić information content (AvgIpc) is 3.29. The maximum Gasteiger partial charge on any atom is 0.329 e. The Kier molecular flexibility index (Phi) is 5.55. The highest BCUT2D eigenvalue weighted by Gasteiger charge is 2.22. The Hall–Kier alpha value is -4.46. The van der Waals surface area contributed by atoms with Gasteiger partial charge in [0.25, 0.3) is 11.5 Å². The first-order chi connectivity index (χ1) is 16.5. The minimum absolute atomic E-state index is 0.181. The van der Waals surface area contributed by atoms with Crippen LogP contribution in [0.15, 0.2) is 86.9 Å². The summed E-state index contributed by atoms with van der Waals surface area (Å²) >= 11 is 0. The largest absolute Gasteiger partial charge is 0.459 e. The van der Waals surface area contributed by atoms with Crippen molar-refractivity contribution in [2.24, 2.45) is 0 Å². The SMILES string of the molecule is CCCn1c(=O)[nH]c(=O)c2cc(C(=O)NC(c3ccccc3)c3cc4ccccc4o3)cnc21. The van der Waals surface area contributed by atoms with Crippen LogP contribution in [0.3, 0.4) is 0 Å². The highest BCUT2D eigenvalue weighted by Crippen LogP contribution is 2.28. The number of aryl methyl sites for hydroxylation is 1. The Morgan fingerprint density at radius 2 is 1.85 bits per heavy atom. The van der Waals surface area contributed by atoms with Crippen molar-refractivity contribution in [3.05, 3.63) is 111 Å². The summed E-state index contributed by atoms with van der Waals surface area (Å²) in [5.74, 6) is 0.167. The van der Waals surface area contributed by atoms with Gasteiger partial charge in [0.2, 0.25) is 0 Å². The fourth-order valence-electron chi connectivity index (χ4n) is 4.05. The van der Waals surface area contributed by atoms with Crippen LogP contribution in [0.1, 0.15) is 41.1 Å². The third-order valence-electron chi connectivity index (χ3n) is 5.68. The summed E-state index contributed by atoms with van der Waals surface area (Å²) in [5, 5.41) is 4.12. The van der Waals surface area contributed by atoms with Gasteiger partial charge >= 0.3 is 5.69 Å². The van der Waals surface area contributed by atoms with Gasteiger partial charge in [-0.1, -0.05) is 55.5 Å². The summed E-state index contributed by atoms with van der Waals surface area (Å²) in [6, 6.07) is 19.9. The number of furan rings is 1. The van der Waals surface area contributed by atoms with Crippen molar-refractivity contribution in [1.82, 2.24) is 19.9 Å². The first kappa shape index (κ1) is 21.4. The van der Waals surface area contributed by atoms with Crippen molar-refractivity contribution in [2.75, 3.05) is 0 Å². The molecule has 0 saturated heterocycles. The first-order valence-corrected chi connectivity index (χ1v) is 11.0. The maximum absolute atomic E-state index is 13.3. The van der Waals surface area contributed by atoms with Gasteiger partial charge in [0, 0.05) is 18.1 Å². The molecule has 0 radical (unpaired) electrons. The lowest BCUT2D eigenvalue weighted by molar-refractivity contribution is 0.0939. The van der Waals surface area contributed by atoms with Gasteiger partial charge in [0.05, 0.1) is 10.9 Å². The highest BCUT2D eigenvalue weighted by molar-refractivity contribution is 5.97. The van der Waals surface area contributed by atoms with E-state index < -0.39 is 23.2 Å². The van der Waals surface area contributed by atoms with E-state index in [4.69, 9.17) is 4.42 Å². The van der Waals surface area contributed by atoms with Crippen molar-refractivity contribution in [3.8, 4) is 0 Å². The molecule has 5 aromatic rings. The monoisotopic (exact) mass is 454 g/mol. The summed E-state index contributed by atoms with van der Waals surface area (Å²) in [6.07, 6.45) is 2.07. The van der Waals surface area contributed by atoms with Gasteiger partial charge in [0.1, 0.15) is 23.0 Å². The number of pyridine rings is 1. The van der Waals surface area contributed by atoms with Crippen LogP contribution in [0.25, 0.3) is 22.0 Å². The molecule has 1 atom stereocenters. The van der Waals surface area contributed by atoms with Crippen LogP contribution >= 0.6 is 0 Å². The minimum Gasteiger partial charge on any atom is -0.459 e. The number of aromatic nitrogens is 3. The number of carbonyl (C=O) groups is 1. The van der Waals surface area contributed by atoms with E-state index in [9.17, 15) is 14.4 Å². The lowest BCUT2D eigenvalue weighted by atomic mass is 10.0. The summed E-state index contributed by atoms with van der Waals surface area (Å²) in [5.41, 5.74) is 0.934. The zero-order valence-corrected chi connectivity index (χ0v) is 18.4. The number of rotatable bonds is 6. The Morgan fingerprint density at radius 3 is 2.62 bits per heavy atom. The van der Waals surface area contributed by atoms with Crippen molar-refractivity contribution >= 4 is 27.9 Å². The molecule has 3 heterocycles. The van der Waals surface area contributed by atoms with Crippen LogP contribution < -0.4 is 16.6 Å². The lowest BCUT2D eigenvalue weighted by Gasteiger charge is -2.17. The van der Waals surface area contributed by atoms with E-state index in [2.05, 4.69) is 15.3 Å². The van der Waals surface area contributed by atoms with Crippen molar-refractivity contribution in [3.63, 3.8) is 0 Å². The van der Waals surface area contributed by atoms with Crippen LogP contribution in [-0.4, -0.2) is 20.4 Å². The van der Waals surface area contributed by atoms with Crippen LogP contribution in [0, 0.1) is 0 Å². The number of aromatic amines is 1. The predicted octanol–water partition coefficient (Wildman–Crippen LogP) is 3.76. The zero-order chi connectivity index (χ0) is 23.7. The van der Waals surface area contributed by atoms with Gasteiger partial charge in [-0.05, 0) is 30.2 Å². The number of benzene rings is 2. The second-order valence-corrected chi connectivity index (χ2v) is 8.01. The van der Waals surface area contributed by atoms with E-state index in [1.165, 1.54) is 16.8 Å². The molecule has 0 aliphatic carbocycles. The number of nitrogens with one attached hydrogen (secondary N) is 2. The fraction of sp³-hybridized carbons (Fsp3) is 0.154. The number of H-pyrrole nitrogens is 1. The number of para-hydroxylation sites is 1. The third kappa shape index (κ3) is 3.90. The van der Waals surface area contributed by atoms with Gasteiger partial charge < -0.3 is 9.73 Å². The zero-order valence-electron chi connectivity index (χ0n) is 18.4. The summed E-state index contributed by atoms with van der Waals surface area (Å²) in [4.78, 5) is 44.5. The summed E-state index contributed by atoms with van der Waals surface area (Å²) < 4.78 is 7.45. The quantitative estimate of drug-likeness (QED) is 0.406.